The van der Waals surface area contributed by atoms with E-state index in [0.717, 1.165) is 4.90 Å². The van der Waals surface area contributed by atoms with Gasteiger partial charge in [0.2, 0.25) is 0 Å². The molecule has 0 aliphatic carbocycles. The topological polar surface area (TPSA) is 99.2 Å². The van der Waals surface area contributed by atoms with E-state index in [4.69, 9.17) is 4.74 Å². The van der Waals surface area contributed by atoms with Gasteiger partial charge < -0.3 is 19.1 Å². The molecular formula is C20H25NO7. The number of rotatable bonds is 7. The fraction of sp³-hybridized carbons (Fsp3) is 0.400. The molecule has 0 unspecified atom stereocenters. The summed E-state index contributed by atoms with van der Waals surface area (Å²) in [6.45, 7) is 4.55. The second-order valence-corrected chi connectivity index (χ2v) is 6.80. The van der Waals surface area contributed by atoms with Crippen LogP contribution in [0.15, 0.2) is 30.3 Å². The third-order valence-electron chi connectivity index (χ3n) is 3.36. The number of amides is 1. The Bertz CT molecular complexity index is 727. The fourth-order valence-electron chi connectivity index (χ4n) is 2.06. The summed E-state index contributed by atoms with van der Waals surface area (Å²) in [4.78, 5) is 48.3. The van der Waals surface area contributed by atoms with Gasteiger partial charge in [0, 0.05) is 11.6 Å². The van der Waals surface area contributed by atoms with Crippen molar-refractivity contribution in [2.45, 2.75) is 26.4 Å². The Labute approximate surface area is 164 Å². The average molecular weight is 391 g/mol. The Morgan fingerprint density at radius 2 is 1.43 bits per heavy atom. The summed E-state index contributed by atoms with van der Waals surface area (Å²) in [5.41, 5.74) is 0.359. The zero-order valence-corrected chi connectivity index (χ0v) is 16.7. The van der Waals surface area contributed by atoms with Crippen molar-refractivity contribution < 1.29 is 33.4 Å². The summed E-state index contributed by atoms with van der Waals surface area (Å²) in [6.07, 6.45) is 2.85. The molecule has 0 bridgehead atoms. The Kier molecular flexibility index (Phi) is 8.37. The van der Waals surface area contributed by atoms with Gasteiger partial charge in [-0.3, -0.25) is 14.4 Å². The number of ether oxygens (including phenoxy) is 3. The molecule has 0 fully saturated rings. The van der Waals surface area contributed by atoms with E-state index >= 15 is 0 Å². The van der Waals surface area contributed by atoms with Gasteiger partial charge in [0.25, 0.3) is 5.91 Å². The van der Waals surface area contributed by atoms with Crippen LogP contribution in [0, 0.1) is 0 Å². The van der Waals surface area contributed by atoms with Crippen LogP contribution < -0.4 is 0 Å². The molecule has 0 N–H and O–H groups in total. The fourth-order valence-corrected chi connectivity index (χ4v) is 2.06. The summed E-state index contributed by atoms with van der Waals surface area (Å²) in [5.74, 6) is -2.32. The van der Waals surface area contributed by atoms with Gasteiger partial charge in [0.15, 0.2) is 0 Å². The molecule has 0 heterocycles. The van der Waals surface area contributed by atoms with Gasteiger partial charge in [-0.15, -0.1) is 0 Å². The van der Waals surface area contributed by atoms with Crippen molar-refractivity contribution in [2.75, 3.05) is 27.3 Å². The Morgan fingerprint density at radius 1 is 0.929 bits per heavy atom. The van der Waals surface area contributed by atoms with Crippen molar-refractivity contribution in [1.82, 2.24) is 4.90 Å². The van der Waals surface area contributed by atoms with Crippen LogP contribution in [-0.2, 0) is 28.6 Å². The van der Waals surface area contributed by atoms with Crippen LogP contribution in [0.1, 0.15) is 36.7 Å². The van der Waals surface area contributed by atoms with Gasteiger partial charge in [0.1, 0.15) is 18.7 Å². The highest BCUT2D eigenvalue weighted by Gasteiger charge is 2.22. The lowest BCUT2D eigenvalue weighted by atomic mass is 10.1. The molecule has 0 spiro atoms. The molecule has 8 nitrogen and oxygen atoms in total. The number of methoxy groups -OCH3 is 2. The molecule has 0 aliphatic heterocycles. The third-order valence-corrected chi connectivity index (χ3v) is 3.36. The minimum absolute atomic E-state index is 0.266. The molecule has 1 aromatic carbocycles. The first-order valence-corrected chi connectivity index (χ1v) is 8.49. The first-order chi connectivity index (χ1) is 13.1. The SMILES string of the molecule is COC(=O)CN(CC(=O)OC)C(=O)c1ccc(/C=C/C(=O)OC(C)(C)C)cc1. The summed E-state index contributed by atoms with van der Waals surface area (Å²) in [5, 5.41) is 0. The Hall–Kier alpha value is -3.16. The zero-order valence-electron chi connectivity index (χ0n) is 16.7. The average Bonchev–Trinajstić information content (AvgIpc) is 2.64. The second kappa shape index (κ2) is 10.2. The molecule has 0 aromatic heterocycles. The maximum absolute atomic E-state index is 12.6. The van der Waals surface area contributed by atoms with Crippen molar-refractivity contribution in [3.8, 4) is 0 Å². The summed E-state index contributed by atoms with van der Waals surface area (Å²) < 4.78 is 14.3. The maximum atomic E-state index is 12.6. The van der Waals surface area contributed by atoms with E-state index in [9.17, 15) is 19.2 Å². The summed E-state index contributed by atoms with van der Waals surface area (Å²) >= 11 is 0. The Morgan fingerprint density at radius 3 is 1.86 bits per heavy atom. The van der Waals surface area contributed by atoms with Crippen molar-refractivity contribution in [2.24, 2.45) is 0 Å². The number of esters is 3. The minimum Gasteiger partial charge on any atom is -0.468 e. The molecule has 0 atom stereocenters. The monoisotopic (exact) mass is 391 g/mol. The van der Waals surface area contributed by atoms with Crippen molar-refractivity contribution in [3.05, 3.63) is 41.5 Å². The first-order valence-electron chi connectivity index (χ1n) is 8.49. The number of hydrogen-bond acceptors (Lipinski definition) is 7. The molecule has 8 heteroatoms. The summed E-state index contributed by atoms with van der Waals surface area (Å²) in [6, 6.07) is 6.31. The molecule has 152 valence electrons. The van der Waals surface area contributed by atoms with Gasteiger partial charge in [-0.25, -0.2) is 4.79 Å². The predicted molar refractivity (Wildman–Crippen MR) is 101 cm³/mol. The van der Waals surface area contributed by atoms with E-state index in [1.54, 1.807) is 39.0 Å². The lowest BCUT2D eigenvalue weighted by Gasteiger charge is -2.20. The van der Waals surface area contributed by atoms with E-state index < -0.39 is 29.4 Å². The lowest BCUT2D eigenvalue weighted by Crippen LogP contribution is -2.40. The molecule has 1 rings (SSSR count). The highest BCUT2D eigenvalue weighted by atomic mass is 16.6. The van der Waals surface area contributed by atoms with E-state index in [0.29, 0.717) is 5.56 Å². The van der Waals surface area contributed by atoms with Crippen molar-refractivity contribution in [1.29, 1.82) is 0 Å². The standard InChI is InChI=1S/C20H25NO7/c1-20(2,3)28-16(22)11-8-14-6-9-15(10-7-14)19(25)21(12-17(23)26-4)13-18(24)27-5/h6-11H,12-13H2,1-5H3/b11-8+. The van der Waals surface area contributed by atoms with Crippen molar-refractivity contribution >= 4 is 29.9 Å². The van der Waals surface area contributed by atoms with Crippen LogP contribution in [-0.4, -0.2) is 61.6 Å². The number of carbonyl (C=O) groups is 4. The quantitative estimate of drug-likeness (QED) is 0.397. The van der Waals surface area contributed by atoms with E-state index in [1.807, 2.05) is 0 Å². The van der Waals surface area contributed by atoms with Gasteiger partial charge >= 0.3 is 17.9 Å². The number of hydrogen-bond donors (Lipinski definition) is 0. The molecule has 0 saturated carbocycles. The van der Waals surface area contributed by atoms with E-state index in [-0.39, 0.29) is 18.7 Å². The second-order valence-electron chi connectivity index (χ2n) is 6.80. The molecule has 0 aliphatic rings. The summed E-state index contributed by atoms with van der Waals surface area (Å²) in [7, 11) is 2.38. The number of benzene rings is 1. The van der Waals surface area contributed by atoms with Crippen LogP contribution in [0.4, 0.5) is 0 Å². The van der Waals surface area contributed by atoms with E-state index in [1.165, 1.54) is 32.4 Å². The van der Waals surface area contributed by atoms with Gasteiger partial charge in [-0.2, -0.15) is 0 Å². The van der Waals surface area contributed by atoms with Crippen LogP contribution in [0.2, 0.25) is 0 Å². The number of nitrogens with zero attached hydrogens (tertiary/aromatic N) is 1. The third kappa shape index (κ3) is 8.03. The molecule has 1 amide bonds. The molecule has 28 heavy (non-hydrogen) atoms. The van der Waals surface area contributed by atoms with E-state index in [2.05, 4.69) is 9.47 Å². The van der Waals surface area contributed by atoms with Gasteiger partial charge in [-0.05, 0) is 44.5 Å². The molecule has 0 radical (unpaired) electrons. The smallest absolute Gasteiger partial charge is 0.331 e. The largest absolute Gasteiger partial charge is 0.468 e. The van der Waals surface area contributed by atoms with Crippen LogP contribution in [0.25, 0.3) is 6.08 Å². The van der Waals surface area contributed by atoms with Crippen LogP contribution >= 0.6 is 0 Å². The molecule has 0 saturated heterocycles. The highest BCUT2D eigenvalue weighted by molar-refractivity contribution is 5.98. The normalized spacial score (nSPS) is 11.0. The minimum atomic E-state index is -0.658. The predicted octanol–water partition coefficient (Wildman–Crippen LogP) is 1.83. The van der Waals surface area contributed by atoms with Gasteiger partial charge in [0.05, 0.1) is 14.2 Å². The number of carbonyl (C=O) groups excluding carboxylic acids is 4. The van der Waals surface area contributed by atoms with Crippen molar-refractivity contribution in [3.63, 3.8) is 0 Å². The highest BCUT2D eigenvalue weighted by Crippen LogP contribution is 2.11. The first kappa shape index (κ1) is 22.9. The molecule has 1 aromatic rings. The Balaban J connectivity index is 2.88. The maximum Gasteiger partial charge on any atom is 0.331 e. The lowest BCUT2D eigenvalue weighted by molar-refractivity contribution is -0.148. The van der Waals surface area contributed by atoms with Crippen LogP contribution in [0.3, 0.4) is 0 Å². The van der Waals surface area contributed by atoms with Crippen LogP contribution in [0.5, 0.6) is 0 Å². The van der Waals surface area contributed by atoms with Gasteiger partial charge in [-0.1, -0.05) is 12.1 Å². The molecular weight excluding hydrogens is 366 g/mol. The zero-order chi connectivity index (χ0) is 21.3.